The summed E-state index contributed by atoms with van der Waals surface area (Å²) in [5.41, 5.74) is 5.13. The fourth-order valence-electron chi connectivity index (χ4n) is 0.523. The minimum absolute atomic E-state index is 0.0640. The van der Waals surface area contributed by atoms with Crippen LogP contribution in [0.3, 0.4) is 0 Å². The molecule has 0 saturated carbocycles. The summed E-state index contributed by atoms with van der Waals surface area (Å²) >= 11 is 5.25. The molecule has 0 aromatic carbocycles. The highest BCUT2D eigenvalue weighted by molar-refractivity contribution is 7.91. The van der Waals surface area contributed by atoms with E-state index in [0.717, 1.165) is 0 Å². The van der Waals surface area contributed by atoms with Crippen molar-refractivity contribution in [1.29, 1.82) is 0 Å². The molecular formula is C5H12ClNO2S. The second-order valence-electron chi connectivity index (χ2n) is 1.98. The summed E-state index contributed by atoms with van der Waals surface area (Å²) in [6.07, 6.45) is 0.527. The molecular weight excluding hydrogens is 174 g/mol. The fourth-order valence-corrected chi connectivity index (χ4v) is 2.27. The van der Waals surface area contributed by atoms with Gasteiger partial charge in [0.05, 0.1) is 11.5 Å². The molecule has 2 N–H and O–H groups in total. The van der Waals surface area contributed by atoms with Crippen LogP contribution in [0.25, 0.3) is 0 Å². The molecule has 0 unspecified atom stereocenters. The van der Waals surface area contributed by atoms with Crippen molar-refractivity contribution in [1.82, 2.24) is 0 Å². The maximum absolute atomic E-state index is 10.8. The van der Waals surface area contributed by atoms with Gasteiger partial charge in [-0.25, -0.2) is 8.42 Å². The van der Waals surface area contributed by atoms with Crippen LogP contribution in [0.15, 0.2) is 0 Å². The summed E-state index contributed by atoms with van der Waals surface area (Å²) in [6, 6.07) is 0. The van der Waals surface area contributed by atoms with E-state index in [4.69, 9.17) is 17.3 Å². The van der Waals surface area contributed by atoms with Crippen molar-refractivity contribution >= 4 is 21.4 Å². The number of hydrogen-bond acceptors (Lipinski definition) is 3. The zero-order chi connectivity index (χ0) is 8.04. The smallest absolute Gasteiger partial charge is 0.151 e. The molecule has 0 spiro atoms. The van der Waals surface area contributed by atoms with Gasteiger partial charge in [-0.2, -0.15) is 0 Å². The zero-order valence-electron chi connectivity index (χ0n) is 5.72. The lowest BCUT2D eigenvalue weighted by molar-refractivity contribution is 0.595. The SMILES string of the molecule is NCCCS(=O)(=O)CCCl. The predicted molar refractivity (Wildman–Crippen MR) is 43.0 cm³/mol. The van der Waals surface area contributed by atoms with E-state index >= 15 is 0 Å². The second kappa shape index (κ2) is 4.93. The molecule has 5 heteroatoms. The molecule has 0 aromatic heterocycles. The van der Waals surface area contributed by atoms with Crippen molar-refractivity contribution in [3.63, 3.8) is 0 Å². The van der Waals surface area contributed by atoms with Gasteiger partial charge in [0.25, 0.3) is 0 Å². The van der Waals surface area contributed by atoms with Crippen LogP contribution in [-0.2, 0) is 9.84 Å². The molecule has 0 saturated heterocycles. The van der Waals surface area contributed by atoms with Crippen molar-refractivity contribution in [3.05, 3.63) is 0 Å². The van der Waals surface area contributed by atoms with Crippen molar-refractivity contribution in [2.45, 2.75) is 6.42 Å². The first kappa shape index (κ1) is 10.2. The number of sulfone groups is 1. The van der Waals surface area contributed by atoms with Crippen LogP contribution in [0.1, 0.15) is 6.42 Å². The van der Waals surface area contributed by atoms with Gasteiger partial charge in [0.15, 0.2) is 9.84 Å². The van der Waals surface area contributed by atoms with Crippen LogP contribution < -0.4 is 5.73 Å². The molecule has 0 aliphatic rings. The van der Waals surface area contributed by atoms with E-state index in [2.05, 4.69) is 0 Å². The molecule has 3 nitrogen and oxygen atoms in total. The molecule has 0 bridgehead atoms. The molecule has 0 rings (SSSR count). The Morgan fingerprint density at radius 1 is 1.30 bits per heavy atom. The third-order valence-corrected chi connectivity index (χ3v) is 3.20. The minimum Gasteiger partial charge on any atom is -0.330 e. The van der Waals surface area contributed by atoms with Gasteiger partial charge in [0.1, 0.15) is 0 Å². The molecule has 0 heterocycles. The van der Waals surface area contributed by atoms with Gasteiger partial charge in [0.2, 0.25) is 0 Å². The first-order valence-corrected chi connectivity index (χ1v) is 5.44. The number of rotatable bonds is 5. The van der Waals surface area contributed by atoms with Gasteiger partial charge in [0, 0.05) is 5.88 Å². The van der Waals surface area contributed by atoms with Crippen LogP contribution >= 0.6 is 11.6 Å². The van der Waals surface area contributed by atoms with Gasteiger partial charge in [-0.1, -0.05) is 0 Å². The van der Waals surface area contributed by atoms with Crippen molar-refractivity contribution in [3.8, 4) is 0 Å². The van der Waals surface area contributed by atoms with Gasteiger partial charge < -0.3 is 5.73 Å². The quantitative estimate of drug-likeness (QED) is 0.613. The second-order valence-corrected chi connectivity index (χ2v) is 4.66. The van der Waals surface area contributed by atoms with Crippen LogP contribution in [0.2, 0.25) is 0 Å². The van der Waals surface area contributed by atoms with Gasteiger partial charge in [-0.05, 0) is 13.0 Å². The van der Waals surface area contributed by atoms with E-state index < -0.39 is 9.84 Å². The highest BCUT2D eigenvalue weighted by Gasteiger charge is 2.07. The number of alkyl halides is 1. The van der Waals surface area contributed by atoms with Crippen LogP contribution in [-0.4, -0.2) is 32.3 Å². The standard InChI is InChI=1S/C5H12ClNO2S/c6-2-5-10(8,9)4-1-3-7/h1-5,7H2. The Morgan fingerprint density at radius 3 is 2.30 bits per heavy atom. The van der Waals surface area contributed by atoms with E-state index in [1.165, 1.54) is 0 Å². The Morgan fingerprint density at radius 2 is 1.90 bits per heavy atom. The number of hydrogen-bond donors (Lipinski definition) is 1. The molecule has 0 aromatic rings. The summed E-state index contributed by atoms with van der Waals surface area (Å²) in [7, 11) is -2.91. The summed E-state index contributed by atoms with van der Waals surface area (Å²) < 4.78 is 21.7. The Bertz CT molecular complexity index is 166. The highest BCUT2D eigenvalue weighted by Crippen LogP contribution is 1.93. The predicted octanol–water partition coefficient (Wildman–Crippen LogP) is -0.0112. The van der Waals surface area contributed by atoms with Crippen molar-refractivity contribution < 1.29 is 8.42 Å². The first-order chi connectivity index (χ1) is 4.62. The molecule has 0 aliphatic heterocycles. The topological polar surface area (TPSA) is 60.2 Å². The lowest BCUT2D eigenvalue weighted by Gasteiger charge is -1.98. The van der Waals surface area contributed by atoms with Crippen molar-refractivity contribution in [2.24, 2.45) is 5.73 Å². The number of halogens is 1. The van der Waals surface area contributed by atoms with Crippen molar-refractivity contribution in [2.75, 3.05) is 23.9 Å². The van der Waals surface area contributed by atoms with Crippen LogP contribution in [0, 0.1) is 0 Å². The van der Waals surface area contributed by atoms with Crippen LogP contribution in [0.5, 0.6) is 0 Å². The summed E-state index contributed by atoms with van der Waals surface area (Å²) in [5, 5.41) is 0. The number of nitrogens with two attached hydrogens (primary N) is 1. The van der Waals surface area contributed by atoms with E-state index in [0.29, 0.717) is 13.0 Å². The molecule has 0 radical (unpaired) electrons. The largest absolute Gasteiger partial charge is 0.330 e. The third-order valence-electron chi connectivity index (χ3n) is 1.05. The Balaban J connectivity index is 3.65. The van der Waals surface area contributed by atoms with E-state index in [1.54, 1.807) is 0 Å². The normalized spacial score (nSPS) is 11.8. The molecule has 0 atom stereocenters. The maximum Gasteiger partial charge on any atom is 0.151 e. The zero-order valence-corrected chi connectivity index (χ0v) is 7.29. The minimum atomic E-state index is -2.91. The van der Waals surface area contributed by atoms with E-state index in [-0.39, 0.29) is 17.4 Å². The maximum atomic E-state index is 10.8. The molecule has 10 heavy (non-hydrogen) atoms. The monoisotopic (exact) mass is 185 g/mol. The Kier molecular flexibility index (Phi) is 5.03. The van der Waals surface area contributed by atoms with Gasteiger partial charge >= 0.3 is 0 Å². The molecule has 62 valence electrons. The van der Waals surface area contributed by atoms with E-state index in [1.807, 2.05) is 0 Å². The lowest BCUT2D eigenvalue weighted by Crippen LogP contribution is -2.15. The summed E-state index contributed by atoms with van der Waals surface area (Å²) in [6.45, 7) is 0.418. The fraction of sp³-hybridized carbons (Fsp3) is 1.00. The van der Waals surface area contributed by atoms with Crippen LogP contribution in [0.4, 0.5) is 0 Å². The molecule has 0 fully saturated rings. The third kappa shape index (κ3) is 5.02. The molecule has 0 aliphatic carbocycles. The molecule has 0 amide bonds. The lowest BCUT2D eigenvalue weighted by atomic mass is 10.5. The van der Waals surface area contributed by atoms with Gasteiger partial charge in [-0.15, -0.1) is 11.6 Å². The average molecular weight is 186 g/mol. The Labute approximate surface area is 66.5 Å². The highest BCUT2D eigenvalue weighted by atomic mass is 35.5. The Hall–Kier alpha value is 0.200. The summed E-state index contributed by atoms with van der Waals surface area (Å²) in [5.74, 6) is 0.400. The summed E-state index contributed by atoms with van der Waals surface area (Å²) in [4.78, 5) is 0. The average Bonchev–Trinajstić information content (AvgIpc) is 1.84. The van der Waals surface area contributed by atoms with E-state index in [9.17, 15) is 8.42 Å². The first-order valence-electron chi connectivity index (χ1n) is 3.09. The van der Waals surface area contributed by atoms with Gasteiger partial charge in [-0.3, -0.25) is 0 Å².